The molecule has 0 aliphatic rings. The largest absolute Gasteiger partial charge is 0.248 e. The second-order valence-electron chi connectivity index (χ2n) is 30.9. The molecule has 0 amide bonds. The minimum atomic E-state index is 0.645. The molecule has 0 N–H and O–H groups in total. The van der Waals surface area contributed by atoms with Crippen molar-refractivity contribution >= 4 is 81.6 Å². The molecule has 9 heteroatoms. The summed E-state index contributed by atoms with van der Waals surface area (Å²) in [5.74, 6) is 0. The van der Waals surface area contributed by atoms with Crippen LogP contribution in [0.3, 0.4) is 0 Å². The van der Waals surface area contributed by atoms with Crippen molar-refractivity contribution in [3.63, 3.8) is 0 Å². The van der Waals surface area contributed by atoms with Gasteiger partial charge in [-0.25, -0.2) is 29.8 Å². The minimum absolute atomic E-state index is 0.645. The predicted molar refractivity (Wildman–Crippen MR) is 516 cm³/mol. The first-order valence-corrected chi connectivity index (χ1v) is 41.6. The second kappa shape index (κ2) is 34.2. The van der Waals surface area contributed by atoms with Crippen molar-refractivity contribution in [2.45, 2.75) is 0 Å². The highest BCUT2D eigenvalue weighted by Gasteiger charge is 2.20. The Balaban J connectivity index is 0.000000121. The molecule has 17 aromatic carbocycles. The highest BCUT2D eigenvalue weighted by molar-refractivity contribution is 6.12. The highest BCUT2D eigenvalue weighted by atomic mass is 14.7. The standard InChI is InChI=1S/C47H29N3.2C35H21N3/c1-2-12-35-34(11-1)29-44(30-21-23-31(24-22-30)45-36-13-3-7-17-40(36)48-41-18-8-4-14-37(41)45)50-47(35)33-27-25-32(26-28-33)46-38-15-5-9-19-42(38)49-43-20-10-6-16-39(43)46;1-37-33-13-7-6-11-31(33)25-16-20-27(21-17-25)35-32-12-5-2-8-28(32)22-34(38-35)26-18-14-24(15-19-26)30-10-4-3-9-29(30)23-36;36-22-24-5-9-26(10-6-24)28-13-17-30(18-14-28)34-21-32-3-1-2-4-33(32)35(38-34)31-19-15-29(16-20-31)27-11-7-25(23-37)8-12-27/h1-29H;2-22H;1-21H. The maximum absolute atomic E-state index is 9.49. The Morgan fingerprint density at radius 2 is 0.460 bits per heavy atom. The van der Waals surface area contributed by atoms with E-state index in [2.05, 4.69) is 326 Å². The number of hydrogen-bond donors (Lipinski definition) is 0. The van der Waals surface area contributed by atoms with Gasteiger partial charge in [0.05, 0.1) is 97.7 Å². The van der Waals surface area contributed by atoms with E-state index in [0.717, 1.165) is 199 Å². The molecule has 22 rings (SSSR count). The van der Waals surface area contributed by atoms with Gasteiger partial charge in [-0.05, 0) is 145 Å². The van der Waals surface area contributed by atoms with Crippen LogP contribution in [0.1, 0.15) is 16.7 Å². The van der Waals surface area contributed by atoms with E-state index in [0.29, 0.717) is 22.4 Å². The summed E-state index contributed by atoms with van der Waals surface area (Å²) >= 11 is 0. The third-order valence-electron chi connectivity index (χ3n) is 23.4. The smallest absolute Gasteiger partial charge is 0.194 e. The van der Waals surface area contributed by atoms with Crippen LogP contribution in [-0.2, 0) is 0 Å². The number of nitrogens with zero attached hydrogens (tertiary/aromatic N) is 9. The van der Waals surface area contributed by atoms with Crippen molar-refractivity contribution in [2.24, 2.45) is 0 Å². The normalized spacial score (nSPS) is 11.0. The first-order chi connectivity index (χ1) is 62.2. The van der Waals surface area contributed by atoms with Crippen molar-refractivity contribution in [1.29, 1.82) is 15.8 Å². The molecule has 126 heavy (non-hydrogen) atoms. The van der Waals surface area contributed by atoms with Crippen LogP contribution in [0.2, 0.25) is 0 Å². The molecule has 0 spiro atoms. The molecule has 0 aliphatic carbocycles. The van der Waals surface area contributed by atoms with Gasteiger partial charge in [-0.15, -0.1) is 0 Å². The Bertz CT molecular complexity index is 8020. The molecule has 0 fully saturated rings. The van der Waals surface area contributed by atoms with Crippen LogP contribution in [0.5, 0.6) is 0 Å². The number of hydrogen-bond acceptors (Lipinski definition) is 8. The fraction of sp³-hybridized carbons (Fsp3) is 0. The molecular formula is C117H71N9. The van der Waals surface area contributed by atoms with Crippen LogP contribution in [0.25, 0.3) is 215 Å². The molecule has 0 unspecified atom stereocenters. The van der Waals surface area contributed by atoms with E-state index in [9.17, 15) is 5.26 Å². The summed E-state index contributed by atoms with van der Waals surface area (Å²) in [6.07, 6.45) is 0. The van der Waals surface area contributed by atoms with Crippen LogP contribution in [0.15, 0.2) is 431 Å². The molecule has 0 saturated heterocycles. The van der Waals surface area contributed by atoms with Gasteiger partial charge in [0.2, 0.25) is 0 Å². The fourth-order valence-corrected chi connectivity index (χ4v) is 17.0. The van der Waals surface area contributed by atoms with Crippen molar-refractivity contribution < 1.29 is 0 Å². The van der Waals surface area contributed by atoms with Crippen molar-refractivity contribution in [1.82, 2.24) is 24.9 Å². The number of nitriles is 3. The lowest BCUT2D eigenvalue weighted by Crippen LogP contribution is -1.93. The van der Waals surface area contributed by atoms with Crippen LogP contribution in [0.4, 0.5) is 5.69 Å². The Hall–Kier alpha value is -17.7. The predicted octanol–water partition coefficient (Wildman–Crippen LogP) is 30.3. The minimum Gasteiger partial charge on any atom is -0.248 e. The summed E-state index contributed by atoms with van der Waals surface area (Å²) in [4.78, 5) is 29.1. The molecule has 584 valence electrons. The average molecular weight is 1600 g/mol. The zero-order valence-electron chi connectivity index (χ0n) is 68.0. The van der Waals surface area contributed by atoms with Crippen molar-refractivity contribution in [2.75, 3.05) is 0 Å². The molecule has 0 bridgehead atoms. The molecule has 5 aromatic heterocycles. The van der Waals surface area contributed by atoms with Gasteiger partial charge in [0.1, 0.15) is 0 Å². The molecule has 0 aliphatic heterocycles. The third kappa shape index (κ3) is 15.3. The van der Waals surface area contributed by atoms with E-state index in [-0.39, 0.29) is 0 Å². The molecular weight excluding hydrogens is 1530 g/mol. The van der Waals surface area contributed by atoms with Gasteiger partial charge in [0, 0.05) is 82.2 Å². The van der Waals surface area contributed by atoms with Gasteiger partial charge >= 0.3 is 0 Å². The quantitative estimate of drug-likeness (QED) is 0.0870. The van der Waals surface area contributed by atoms with Gasteiger partial charge in [-0.2, -0.15) is 15.8 Å². The van der Waals surface area contributed by atoms with Gasteiger partial charge in [0.25, 0.3) is 0 Å². The average Bonchev–Trinajstić information content (AvgIpc) is 0.742. The van der Waals surface area contributed by atoms with E-state index in [1.54, 1.807) is 0 Å². The highest BCUT2D eigenvalue weighted by Crippen LogP contribution is 2.43. The van der Waals surface area contributed by atoms with Crippen LogP contribution >= 0.6 is 0 Å². The van der Waals surface area contributed by atoms with Gasteiger partial charge in [0.15, 0.2) is 5.69 Å². The number of fused-ring (bicyclic) bond motifs is 7. The second-order valence-corrected chi connectivity index (χ2v) is 30.9. The van der Waals surface area contributed by atoms with E-state index in [1.165, 1.54) is 11.1 Å². The fourth-order valence-electron chi connectivity index (χ4n) is 17.0. The first kappa shape index (κ1) is 76.9. The number of para-hydroxylation sites is 5. The van der Waals surface area contributed by atoms with Gasteiger partial charge in [-0.3, -0.25) is 0 Å². The number of aromatic nitrogens is 5. The Kier molecular flexibility index (Phi) is 20.9. The zero-order valence-corrected chi connectivity index (χ0v) is 68.0. The molecule has 9 nitrogen and oxygen atoms in total. The molecule has 0 atom stereocenters. The molecule has 22 aromatic rings. The van der Waals surface area contributed by atoms with E-state index in [1.807, 2.05) is 127 Å². The monoisotopic (exact) mass is 1600 g/mol. The SMILES string of the molecule is N#Cc1ccc(-c2ccc(-c3cc4ccccc4c(-c4ccc(-c5ccc(C#N)cc5)cc4)n3)cc2)cc1.[C-]#[N+]c1ccccc1-c1ccc(-c2nc(-c3ccc(-c4ccccc4C#N)cc3)cc3ccccc23)cc1.c1ccc2c(-c3ccc(-c4c5ccccc5nc5ccccc45)cc3)nc(-c3ccc(-c4c5ccccc5nc5ccccc45)cc3)cc2c1. The molecule has 0 saturated carbocycles. The molecule has 5 heterocycles. The molecule has 0 radical (unpaired) electrons. The maximum Gasteiger partial charge on any atom is 0.194 e. The Morgan fingerprint density at radius 1 is 0.206 bits per heavy atom. The Morgan fingerprint density at radius 3 is 0.794 bits per heavy atom. The van der Waals surface area contributed by atoms with E-state index >= 15 is 0 Å². The zero-order chi connectivity index (χ0) is 84.8. The van der Waals surface area contributed by atoms with Crippen LogP contribution in [-0.4, -0.2) is 24.9 Å². The summed E-state index contributed by atoms with van der Waals surface area (Å²) in [6.45, 7) is 7.49. The number of rotatable bonds is 12. The number of pyridine rings is 5. The summed E-state index contributed by atoms with van der Waals surface area (Å²) < 4.78 is 0. The van der Waals surface area contributed by atoms with Gasteiger partial charge < -0.3 is 0 Å². The lowest BCUT2D eigenvalue weighted by atomic mass is 9.94. The van der Waals surface area contributed by atoms with Crippen LogP contribution in [0, 0.1) is 40.6 Å². The van der Waals surface area contributed by atoms with Crippen molar-refractivity contribution in [3.8, 4) is 153 Å². The van der Waals surface area contributed by atoms with E-state index < -0.39 is 0 Å². The summed E-state index contributed by atoms with van der Waals surface area (Å²) in [5, 5.41) is 39.0. The lowest BCUT2D eigenvalue weighted by Gasteiger charge is -2.14. The van der Waals surface area contributed by atoms with Crippen LogP contribution < -0.4 is 0 Å². The third-order valence-corrected chi connectivity index (χ3v) is 23.4. The lowest BCUT2D eigenvalue weighted by molar-refractivity contribution is 1.35. The summed E-state index contributed by atoms with van der Waals surface area (Å²) in [7, 11) is 0. The Labute approximate surface area is 728 Å². The summed E-state index contributed by atoms with van der Waals surface area (Å²) in [6, 6.07) is 153. The summed E-state index contributed by atoms with van der Waals surface area (Å²) in [5.41, 5.74) is 31.5. The first-order valence-electron chi connectivity index (χ1n) is 41.6. The topological polar surface area (TPSA) is 140 Å². The van der Waals surface area contributed by atoms with Gasteiger partial charge in [-0.1, -0.05) is 358 Å². The maximum atomic E-state index is 9.49. The number of benzene rings is 17. The van der Waals surface area contributed by atoms with E-state index in [4.69, 9.17) is 42.0 Å². The van der Waals surface area contributed by atoms with Crippen molar-refractivity contribution in [3.05, 3.63) is 459 Å².